The second-order valence-corrected chi connectivity index (χ2v) is 6.93. The second kappa shape index (κ2) is 5.36. The lowest BCUT2D eigenvalue weighted by atomic mass is 9.98. The van der Waals surface area contributed by atoms with Crippen LogP contribution < -0.4 is 10.6 Å². The van der Waals surface area contributed by atoms with Gasteiger partial charge in [-0.2, -0.15) is 0 Å². The summed E-state index contributed by atoms with van der Waals surface area (Å²) in [4.78, 5) is 16.8. The fraction of sp³-hybridized carbons (Fsp3) is 0.692. The van der Waals surface area contributed by atoms with Crippen LogP contribution in [0.15, 0.2) is 6.20 Å². The third-order valence-electron chi connectivity index (χ3n) is 2.97. The van der Waals surface area contributed by atoms with Crippen LogP contribution in [-0.2, 0) is 16.8 Å². The summed E-state index contributed by atoms with van der Waals surface area (Å²) >= 11 is 1.76. The highest BCUT2D eigenvalue weighted by molar-refractivity contribution is 7.11. The van der Waals surface area contributed by atoms with Gasteiger partial charge in [0.2, 0.25) is 5.91 Å². The zero-order valence-corrected chi connectivity index (χ0v) is 12.1. The van der Waals surface area contributed by atoms with Gasteiger partial charge in [0.05, 0.1) is 5.01 Å². The van der Waals surface area contributed by atoms with Crippen molar-refractivity contribution in [2.75, 3.05) is 6.54 Å². The van der Waals surface area contributed by atoms with Crippen LogP contribution in [0, 0.1) is 0 Å². The fourth-order valence-corrected chi connectivity index (χ4v) is 2.88. The predicted molar refractivity (Wildman–Crippen MR) is 73.7 cm³/mol. The number of amides is 1. The third-order valence-corrected chi connectivity index (χ3v) is 4.39. The minimum atomic E-state index is 0.127. The molecule has 1 saturated heterocycles. The molecular weight excluding hydrogens is 246 g/mol. The molecule has 1 unspecified atom stereocenters. The van der Waals surface area contributed by atoms with Gasteiger partial charge in [-0.15, -0.1) is 11.3 Å². The van der Waals surface area contributed by atoms with Crippen LogP contribution in [0.25, 0.3) is 0 Å². The van der Waals surface area contributed by atoms with Crippen molar-refractivity contribution in [2.24, 2.45) is 0 Å². The van der Waals surface area contributed by atoms with E-state index in [1.54, 1.807) is 11.3 Å². The maximum absolute atomic E-state index is 11.1. The number of hydrogen-bond acceptors (Lipinski definition) is 4. The lowest BCUT2D eigenvalue weighted by Gasteiger charge is -2.13. The first-order valence-corrected chi connectivity index (χ1v) is 7.22. The van der Waals surface area contributed by atoms with Gasteiger partial charge in [0.15, 0.2) is 0 Å². The van der Waals surface area contributed by atoms with Crippen LogP contribution in [0.2, 0.25) is 0 Å². The second-order valence-electron chi connectivity index (χ2n) is 5.82. The Morgan fingerprint density at radius 1 is 1.56 bits per heavy atom. The number of thiazole rings is 1. The van der Waals surface area contributed by atoms with Gasteiger partial charge in [0, 0.05) is 42.0 Å². The molecule has 0 bridgehead atoms. The molecule has 0 saturated carbocycles. The van der Waals surface area contributed by atoms with Crippen molar-refractivity contribution >= 4 is 17.2 Å². The number of carbonyl (C=O) groups is 1. The van der Waals surface area contributed by atoms with Gasteiger partial charge in [0.25, 0.3) is 0 Å². The molecule has 5 heteroatoms. The van der Waals surface area contributed by atoms with Crippen molar-refractivity contribution in [3.8, 4) is 0 Å². The van der Waals surface area contributed by atoms with E-state index >= 15 is 0 Å². The molecule has 18 heavy (non-hydrogen) atoms. The standard InChI is InChI=1S/C13H21N3OS/c1-13(2,3)12-15-8-10(18-12)7-14-6-9-4-5-11(17)16-9/h8-9,14H,4-7H2,1-3H3,(H,16,17). The average molecular weight is 267 g/mol. The van der Waals surface area contributed by atoms with Crippen LogP contribution in [0.4, 0.5) is 0 Å². The van der Waals surface area contributed by atoms with Crippen molar-refractivity contribution in [2.45, 2.75) is 51.6 Å². The van der Waals surface area contributed by atoms with Crippen LogP contribution in [0.5, 0.6) is 0 Å². The zero-order chi connectivity index (χ0) is 13.2. The van der Waals surface area contributed by atoms with Crippen LogP contribution in [-0.4, -0.2) is 23.5 Å². The highest BCUT2D eigenvalue weighted by Gasteiger charge is 2.20. The number of carbonyl (C=O) groups excluding carboxylic acids is 1. The number of nitrogens with one attached hydrogen (secondary N) is 2. The van der Waals surface area contributed by atoms with Crippen LogP contribution in [0.3, 0.4) is 0 Å². The molecule has 1 aromatic rings. The van der Waals surface area contributed by atoms with Gasteiger partial charge in [-0.05, 0) is 6.42 Å². The minimum Gasteiger partial charge on any atom is -0.352 e. The molecule has 0 aromatic carbocycles. The first kappa shape index (κ1) is 13.5. The Morgan fingerprint density at radius 2 is 2.33 bits per heavy atom. The summed E-state index contributed by atoms with van der Waals surface area (Å²) in [7, 11) is 0. The zero-order valence-electron chi connectivity index (χ0n) is 11.2. The van der Waals surface area contributed by atoms with Gasteiger partial charge in [-0.3, -0.25) is 4.79 Å². The molecule has 1 fully saturated rings. The van der Waals surface area contributed by atoms with Crippen molar-refractivity contribution in [1.82, 2.24) is 15.6 Å². The number of aromatic nitrogens is 1. The first-order valence-electron chi connectivity index (χ1n) is 6.40. The Labute approximate surface area is 112 Å². The summed E-state index contributed by atoms with van der Waals surface area (Å²) in [6.07, 6.45) is 3.56. The summed E-state index contributed by atoms with van der Waals surface area (Å²) in [5.41, 5.74) is 0.127. The molecule has 4 nitrogen and oxygen atoms in total. The molecule has 0 spiro atoms. The minimum absolute atomic E-state index is 0.127. The van der Waals surface area contributed by atoms with E-state index in [1.165, 1.54) is 9.88 Å². The van der Waals surface area contributed by atoms with Crippen molar-refractivity contribution < 1.29 is 4.79 Å². The van der Waals surface area contributed by atoms with E-state index in [0.29, 0.717) is 12.5 Å². The van der Waals surface area contributed by atoms with E-state index in [4.69, 9.17) is 0 Å². The lowest BCUT2D eigenvalue weighted by molar-refractivity contribution is -0.119. The van der Waals surface area contributed by atoms with E-state index in [-0.39, 0.29) is 11.3 Å². The monoisotopic (exact) mass is 267 g/mol. The highest BCUT2D eigenvalue weighted by atomic mass is 32.1. The SMILES string of the molecule is CC(C)(C)c1ncc(CNCC2CCC(=O)N2)s1. The fourth-order valence-electron chi connectivity index (χ4n) is 1.94. The van der Waals surface area contributed by atoms with Crippen molar-refractivity contribution in [3.05, 3.63) is 16.1 Å². The maximum Gasteiger partial charge on any atom is 0.220 e. The normalized spacial score (nSPS) is 20.2. The van der Waals surface area contributed by atoms with E-state index in [0.717, 1.165) is 19.5 Å². The van der Waals surface area contributed by atoms with Gasteiger partial charge in [0.1, 0.15) is 0 Å². The van der Waals surface area contributed by atoms with Crippen LogP contribution in [0.1, 0.15) is 43.5 Å². The predicted octanol–water partition coefficient (Wildman–Crippen LogP) is 1.81. The molecule has 2 heterocycles. The Balaban J connectivity index is 1.77. The van der Waals surface area contributed by atoms with Crippen molar-refractivity contribution in [3.63, 3.8) is 0 Å². The quantitative estimate of drug-likeness (QED) is 0.875. The molecule has 100 valence electrons. The first-order chi connectivity index (χ1) is 8.45. The molecule has 2 rings (SSSR count). The van der Waals surface area contributed by atoms with Gasteiger partial charge < -0.3 is 10.6 Å². The molecule has 1 amide bonds. The maximum atomic E-state index is 11.1. The molecule has 0 radical (unpaired) electrons. The van der Waals surface area contributed by atoms with Gasteiger partial charge in [-0.25, -0.2) is 4.98 Å². The van der Waals surface area contributed by atoms with E-state index in [1.807, 2.05) is 6.20 Å². The molecular formula is C13H21N3OS. The summed E-state index contributed by atoms with van der Waals surface area (Å²) < 4.78 is 0. The summed E-state index contributed by atoms with van der Waals surface area (Å²) in [5.74, 6) is 0.176. The summed E-state index contributed by atoms with van der Waals surface area (Å²) in [6, 6.07) is 0.299. The largest absolute Gasteiger partial charge is 0.352 e. The molecule has 2 N–H and O–H groups in total. The van der Waals surface area contributed by atoms with Gasteiger partial charge in [-0.1, -0.05) is 20.8 Å². The molecule has 0 aliphatic carbocycles. The Morgan fingerprint density at radius 3 is 2.89 bits per heavy atom. The molecule has 1 aromatic heterocycles. The van der Waals surface area contributed by atoms with E-state index in [9.17, 15) is 4.79 Å². The smallest absolute Gasteiger partial charge is 0.220 e. The highest BCUT2D eigenvalue weighted by Crippen LogP contribution is 2.26. The molecule has 1 aliphatic rings. The lowest BCUT2D eigenvalue weighted by Crippen LogP contribution is -2.35. The van der Waals surface area contributed by atoms with Gasteiger partial charge >= 0.3 is 0 Å². The number of hydrogen-bond donors (Lipinski definition) is 2. The topological polar surface area (TPSA) is 54.0 Å². The summed E-state index contributed by atoms with van der Waals surface area (Å²) in [6.45, 7) is 8.21. The van der Waals surface area contributed by atoms with Crippen LogP contribution >= 0.6 is 11.3 Å². The van der Waals surface area contributed by atoms with E-state index in [2.05, 4.69) is 36.4 Å². The third kappa shape index (κ3) is 3.53. The molecule has 1 aliphatic heterocycles. The Hall–Kier alpha value is -0.940. The Kier molecular flexibility index (Phi) is 4.02. The Bertz CT molecular complexity index is 422. The number of nitrogens with zero attached hydrogens (tertiary/aromatic N) is 1. The average Bonchev–Trinajstić information content (AvgIpc) is 2.87. The number of rotatable bonds is 4. The van der Waals surface area contributed by atoms with Crippen molar-refractivity contribution in [1.29, 1.82) is 0 Å². The molecule has 1 atom stereocenters. The summed E-state index contributed by atoms with van der Waals surface area (Å²) in [5, 5.41) is 7.52. The van der Waals surface area contributed by atoms with E-state index < -0.39 is 0 Å².